The van der Waals surface area contributed by atoms with Gasteiger partial charge in [-0.2, -0.15) is 0 Å². The quantitative estimate of drug-likeness (QED) is 0.745. The molecule has 25 heavy (non-hydrogen) atoms. The molecule has 134 valence electrons. The third-order valence-corrected chi connectivity index (χ3v) is 6.84. The van der Waals surface area contributed by atoms with Crippen LogP contribution in [0.1, 0.15) is 29.2 Å². The summed E-state index contributed by atoms with van der Waals surface area (Å²) in [6, 6.07) is 3.15. The van der Waals surface area contributed by atoms with Gasteiger partial charge in [-0.1, -0.05) is 6.07 Å². The molecule has 0 unspecified atom stereocenters. The number of hydrogen-bond donors (Lipinski definition) is 2. The smallest absolute Gasteiger partial charge is 0.250 e. The van der Waals surface area contributed by atoms with Crippen LogP contribution in [0, 0.1) is 6.92 Å². The summed E-state index contributed by atoms with van der Waals surface area (Å²) in [7, 11) is -3.62. The Hall–Kier alpha value is -1.84. The third kappa shape index (κ3) is 4.42. The number of nitrogens with zero attached hydrogens (tertiary/aromatic N) is 2. The van der Waals surface area contributed by atoms with Crippen LogP contribution < -0.4 is 10.0 Å². The number of amides is 1. The Bertz CT molecular complexity index is 864. The van der Waals surface area contributed by atoms with Gasteiger partial charge in [0.1, 0.15) is 10.0 Å². The maximum Gasteiger partial charge on any atom is 0.250 e. The summed E-state index contributed by atoms with van der Waals surface area (Å²) in [6.07, 6.45) is 3.68. The van der Waals surface area contributed by atoms with E-state index in [1.54, 1.807) is 11.4 Å². The van der Waals surface area contributed by atoms with Crippen molar-refractivity contribution >= 4 is 27.3 Å². The van der Waals surface area contributed by atoms with E-state index in [9.17, 15) is 13.2 Å². The number of carbonyl (C=O) groups excluding carboxylic acids is 1. The monoisotopic (exact) mass is 380 g/mol. The van der Waals surface area contributed by atoms with Crippen molar-refractivity contribution in [3.05, 3.63) is 40.3 Å². The summed E-state index contributed by atoms with van der Waals surface area (Å²) < 4.78 is 26.4. The Morgan fingerprint density at radius 3 is 2.92 bits per heavy atom. The van der Waals surface area contributed by atoms with E-state index in [1.165, 1.54) is 11.6 Å². The Labute approximate surface area is 151 Å². The fraction of sp³-hybridized carbons (Fsp3) is 0.438. The second-order valence-corrected chi connectivity index (χ2v) is 8.80. The number of nitrogens with one attached hydrogen (secondary N) is 2. The first-order chi connectivity index (χ1) is 12.0. The largest absolute Gasteiger partial charge is 0.355 e. The molecular weight excluding hydrogens is 360 g/mol. The van der Waals surface area contributed by atoms with Crippen LogP contribution in [0.4, 0.5) is 0 Å². The van der Waals surface area contributed by atoms with E-state index in [0.29, 0.717) is 13.0 Å². The molecule has 2 N–H and O–H groups in total. The summed E-state index contributed by atoms with van der Waals surface area (Å²) in [4.78, 5) is 20.9. The van der Waals surface area contributed by atoms with Gasteiger partial charge in [0.15, 0.2) is 0 Å². The molecular formula is C16H20N4O3S2. The van der Waals surface area contributed by atoms with E-state index in [2.05, 4.69) is 20.0 Å². The zero-order chi connectivity index (χ0) is 17.9. The lowest BCUT2D eigenvalue weighted by molar-refractivity contribution is -0.119. The molecule has 0 saturated heterocycles. The number of aromatic nitrogens is 2. The minimum absolute atomic E-state index is 0.197. The Balaban J connectivity index is 1.46. The van der Waals surface area contributed by atoms with E-state index in [4.69, 9.17) is 0 Å². The molecule has 2 aromatic rings. The zero-order valence-corrected chi connectivity index (χ0v) is 15.5. The fourth-order valence-electron chi connectivity index (χ4n) is 2.82. The van der Waals surface area contributed by atoms with Crippen molar-refractivity contribution in [3.8, 4) is 0 Å². The second kappa shape index (κ2) is 7.59. The first-order valence-corrected chi connectivity index (χ1v) is 10.5. The highest BCUT2D eigenvalue weighted by Crippen LogP contribution is 2.22. The second-order valence-electron chi connectivity index (χ2n) is 5.86. The zero-order valence-electron chi connectivity index (χ0n) is 13.9. The molecule has 0 bridgehead atoms. The highest BCUT2D eigenvalue weighted by Gasteiger charge is 2.18. The number of thiophene rings is 1. The molecule has 1 aliphatic rings. The van der Waals surface area contributed by atoms with Gasteiger partial charge in [0.05, 0.1) is 6.54 Å². The third-order valence-electron chi connectivity index (χ3n) is 4.04. The highest BCUT2D eigenvalue weighted by molar-refractivity contribution is 7.91. The Kier molecular flexibility index (Phi) is 5.45. The van der Waals surface area contributed by atoms with Crippen molar-refractivity contribution in [1.82, 2.24) is 20.0 Å². The summed E-state index contributed by atoms with van der Waals surface area (Å²) in [6.45, 7) is 2.08. The molecule has 9 heteroatoms. The number of fused-ring (bicyclic) bond motifs is 1. The van der Waals surface area contributed by atoms with E-state index in [0.717, 1.165) is 47.8 Å². The van der Waals surface area contributed by atoms with E-state index < -0.39 is 10.0 Å². The van der Waals surface area contributed by atoms with Gasteiger partial charge in [-0.3, -0.25) is 4.79 Å². The van der Waals surface area contributed by atoms with Crippen molar-refractivity contribution in [2.24, 2.45) is 0 Å². The van der Waals surface area contributed by atoms with E-state index >= 15 is 0 Å². The molecule has 3 rings (SSSR count). The lowest BCUT2D eigenvalue weighted by atomic mass is 10.2. The molecule has 0 fully saturated rings. The van der Waals surface area contributed by atoms with Crippen LogP contribution in [-0.4, -0.2) is 37.4 Å². The van der Waals surface area contributed by atoms with E-state index in [1.807, 2.05) is 6.92 Å². The van der Waals surface area contributed by atoms with Crippen LogP contribution in [0.15, 0.2) is 21.7 Å². The van der Waals surface area contributed by atoms with E-state index in [-0.39, 0.29) is 16.7 Å². The average molecular weight is 380 g/mol. The standard InChI is InChI=1S/C16H20N4O3S2/c1-11-12-4-2-5-13(12)20-14(19-11)7-8-17-15(21)10-18-25(22,23)16-6-3-9-24-16/h3,6,9,18H,2,4-5,7-8,10H2,1H3,(H,17,21). The molecule has 2 heterocycles. The molecule has 0 aliphatic heterocycles. The first kappa shape index (κ1) is 18.0. The number of carbonyl (C=O) groups is 1. The molecule has 0 aromatic carbocycles. The summed E-state index contributed by atoms with van der Waals surface area (Å²) >= 11 is 1.11. The minimum Gasteiger partial charge on any atom is -0.355 e. The van der Waals surface area contributed by atoms with Crippen molar-refractivity contribution in [1.29, 1.82) is 0 Å². The summed E-state index contributed by atoms with van der Waals surface area (Å²) in [5.41, 5.74) is 3.40. The predicted molar refractivity (Wildman–Crippen MR) is 95.0 cm³/mol. The summed E-state index contributed by atoms with van der Waals surface area (Å²) in [5.74, 6) is 0.343. The van der Waals surface area contributed by atoms with Crippen LogP contribution in [0.5, 0.6) is 0 Å². The predicted octanol–water partition coefficient (Wildman–Crippen LogP) is 0.972. The molecule has 1 aliphatic carbocycles. The van der Waals surface area contributed by atoms with Crippen molar-refractivity contribution in [3.63, 3.8) is 0 Å². The SMILES string of the molecule is Cc1nc(CCNC(=O)CNS(=O)(=O)c2cccs2)nc2c1CCC2. The number of rotatable bonds is 7. The van der Waals surface area contributed by atoms with Crippen LogP contribution in [-0.2, 0) is 34.1 Å². The maximum atomic E-state index is 11.9. The van der Waals surface area contributed by atoms with Crippen molar-refractivity contribution in [2.75, 3.05) is 13.1 Å². The first-order valence-electron chi connectivity index (χ1n) is 8.11. The molecule has 0 radical (unpaired) electrons. The van der Waals surface area contributed by atoms with Gasteiger partial charge in [0.25, 0.3) is 10.0 Å². The van der Waals surface area contributed by atoms with Gasteiger partial charge in [-0.05, 0) is 43.2 Å². The van der Waals surface area contributed by atoms with Gasteiger partial charge >= 0.3 is 0 Å². The number of sulfonamides is 1. The molecule has 0 atom stereocenters. The number of aryl methyl sites for hydroxylation is 2. The topological polar surface area (TPSA) is 101 Å². The van der Waals surface area contributed by atoms with Crippen molar-refractivity contribution in [2.45, 2.75) is 36.8 Å². The van der Waals surface area contributed by atoms with Crippen LogP contribution >= 0.6 is 11.3 Å². The minimum atomic E-state index is -3.62. The molecule has 1 amide bonds. The molecule has 2 aromatic heterocycles. The highest BCUT2D eigenvalue weighted by atomic mass is 32.2. The molecule has 0 saturated carbocycles. The van der Waals surface area contributed by atoms with Crippen LogP contribution in [0.25, 0.3) is 0 Å². The maximum absolute atomic E-state index is 11.9. The Morgan fingerprint density at radius 1 is 1.32 bits per heavy atom. The lowest BCUT2D eigenvalue weighted by Gasteiger charge is -2.08. The van der Waals surface area contributed by atoms with Crippen LogP contribution in [0.3, 0.4) is 0 Å². The average Bonchev–Trinajstić information content (AvgIpc) is 3.25. The van der Waals surface area contributed by atoms with Gasteiger partial charge in [-0.15, -0.1) is 11.3 Å². The van der Waals surface area contributed by atoms with Crippen LogP contribution in [0.2, 0.25) is 0 Å². The van der Waals surface area contributed by atoms with Gasteiger partial charge in [0.2, 0.25) is 5.91 Å². The van der Waals surface area contributed by atoms with Gasteiger partial charge < -0.3 is 5.32 Å². The number of hydrogen-bond acceptors (Lipinski definition) is 6. The fourth-order valence-corrected chi connectivity index (χ4v) is 4.84. The summed E-state index contributed by atoms with van der Waals surface area (Å²) in [5, 5.41) is 4.37. The van der Waals surface area contributed by atoms with Gasteiger partial charge in [-0.25, -0.2) is 23.1 Å². The Morgan fingerprint density at radius 2 is 2.16 bits per heavy atom. The lowest BCUT2D eigenvalue weighted by Crippen LogP contribution is -2.37. The van der Waals surface area contributed by atoms with Crippen molar-refractivity contribution < 1.29 is 13.2 Å². The molecule has 0 spiro atoms. The normalized spacial score (nSPS) is 13.6. The van der Waals surface area contributed by atoms with Gasteiger partial charge in [0, 0.05) is 24.4 Å². The molecule has 7 nitrogen and oxygen atoms in total.